The second-order valence-corrected chi connectivity index (χ2v) is 9.40. The summed E-state index contributed by atoms with van der Waals surface area (Å²) in [6.07, 6.45) is 1.50. The van der Waals surface area contributed by atoms with Crippen molar-refractivity contribution in [1.82, 2.24) is 4.90 Å². The van der Waals surface area contributed by atoms with E-state index in [1.165, 1.54) is 4.90 Å². The van der Waals surface area contributed by atoms with Gasteiger partial charge in [0.2, 0.25) is 5.76 Å². The maximum Gasteiger partial charge on any atom is 0.291 e. The molecule has 3 aromatic rings. The molecule has 6 rings (SSSR count). The van der Waals surface area contributed by atoms with Crippen molar-refractivity contribution < 1.29 is 18.7 Å². The number of para-hydroxylation sites is 1. The predicted molar refractivity (Wildman–Crippen MR) is 127 cm³/mol. The van der Waals surface area contributed by atoms with E-state index in [0.29, 0.717) is 35.4 Å². The number of fused-ring (bicyclic) bond motifs is 5. The van der Waals surface area contributed by atoms with Gasteiger partial charge in [0.1, 0.15) is 5.58 Å². The molecule has 7 heteroatoms. The Balaban J connectivity index is 1.71. The summed E-state index contributed by atoms with van der Waals surface area (Å²) in [5, 5.41) is 0.383. The molecular formula is C27H26N2O5. The topological polar surface area (TPSA) is 80.1 Å². The Hall–Kier alpha value is -3.45. The van der Waals surface area contributed by atoms with E-state index in [9.17, 15) is 14.4 Å². The minimum Gasteiger partial charge on any atom is -0.450 e. The summed E-state index contributed by atoms with van der Waals surface area (Å²) in [5.74, 6) is -0.777. The van der Waals surface area contributed by atoms with E-state index in [0.717, 1.165) is 24.0 Å². The number of anilines is 1. The van der Waals surface area contributed by atoms with Gasteiger partial charge in [-0.15, -0.1) is 0 Å². The molecule has 3 aliphatic heterocycles. The van der Waals surface area contributed by atoms with Gasteiger partial charge in [0, 0.05) is 25.3 Å². The van der Waals surface area contributed by atoms with Gasteiger partial charge in [-0.3, -0.25) is 14.4 Å². The molecule has 1 fully saturated rings. The van der Waals surface area contributed by atoms with E-state index in [1.807, 2.05) is 45.0 Å². The molecular weight excluding hydrogens is 432 g/mol. The van der Waals surface area contributed by atoms with Crippen LogP contribution in [0.25, 0.3) is 11.0 Å². The Labute approximate surface area is 196 Å². The lowest BCUT2D eigenvalue weighted by Crippen LogP contribution is -2.55. The zero-order valence-electron chi connectivity index (χ0n) is 19.5. The van der Waals surface area contributed by atoms with Gasteiger partial charge in [0.25, 0.3) is 11.8 Å². The third-order valence-electron chi connectivity index (χ3n) is 7.58. The number of nitrogens with zero attached hydrogens (tertiary/aromatic N) is 2. The predicted octanol–water partition coefficient (Wildman–Crippen LogP) is 3.65. The van der Waals surface area contributed by atoms with Crippen molar-refractivity contribution in [3.05, 3.63) is 74.6 Å². The first-order chi connectivity index (χ1) is 16.4. The zero-order chi connectivity index (χ0) is 23.8. The van der Waals surface area contributed by atoms with Crippen LogP contribution in [-0.2, 0) is 15.1 Å². The summed E-state index contributed by atoms with van der Waals surface area (Å²) in [5.41, 5.74) is 1.87. The molecule has 3 aliphatic rings. The number of amides is 2. The van der Waals surface area contributed by atoms with Gasteiger partial charge >= 0.3 is 0 Å². The van der Waals surface area contributed by atoms with Crippen LogP contribution in [-0.4, -0.2) is 42.5 Å². The Morgan fingerprint density at radius 1 is 1.09 bits per heavy atom. The fraction of sp³-hybridized carbons (Fsp3) is 0.370. The van der Waals surface area contributed by atoms with Crippen LogP contribution < -0.4 is 10.3 Å². The lowest BCUT2D eigenvalue weighted by atomic mass is 9.83. The molecule has 2 amide bonds. The molecule has 2 aromatic carbocycles. The van der Waals surface area contributed by atoms with Crippen molar-refractivity contribution in [3.63, 3.8) is 0 Å². The molecule has 1 saturated heterocycles. The summed E-state index contributed by atoms with van der Waals surface area (Å²) in [6.45, 7) is 7.02. The van der Waals surface area contributed by atoms with Gasteiger partial charge in [0.05, 0.1) is 22.7 Å². The highest BCUT2D eigenvalue weighted by atomic mass is 16.5. The first kappa shape index (κ1) is 21.1. The molecule has 1 spiro atoms. The van der Waals surface area contributed by atoms with Crippen LogP contribution in [0, 0.1) is 13.8 Å². The number of hydrogen-bond acceptors (Lipinski definition) is 5. The zero-order valence-corrected chi connectivity index (χ0v) is 19.5. The van der Waals surface area contributed by atoms with Gasteiger partial charge in [-0.1, -0.05) is 18.2 Å². The number of hydrogen-bond donors (Lipinski definition) is 0. The van der Waals surface area contributed by atoms with Gasteiger partial charge in [-0.25, -0.2) is 0 Å². The van der Waals surface area contributed by atoms with Crippen molar-refractivity contribution >= 4 is 28.5 Å². The fourth-order valence-corrected chi connectivity index (χ4v) is 5.80. The third-order valence-corrected chi connectivity index (χ3v) is 7.58. The summed E-state index contributed by atoms with van der Waals surface area (Å²) in [4.78, 5) is 45.4. The Bertz CT molecular complexity index is 1430. The molecule has 0 aliphatic carbocycles. The van der Waals surface area contributed by atoms with Crippen LogP contribution in [0.4, 0.5) is 5.69 Å². The smallest absolute Gasteiger partial charge is 0.291 e. The molecule has 0 unspecified atom stereocenters. The van der Waals surface area contributed by atoms with Gasteiger partial charge in [-0.05, 0) is 62.9 Å². The van der Waals surface area contributed by atoms with E-state index >= 15 is 0 Å². The lowest BCUT2D eigenvalue weighted by Gasteiger charge is -2.35. The molecule has 174 valence electrons. The van der Waals surface area contributed by atoms with Crippen molar-refractivity contribution in [2.24, 2.45) is 0 Å². The average Bonchev–Trinajstić information content (AvgIpc) is 3.49. The maximum atomic E-state index is 14.2. The number of benzene rings is 2. The minimum absolute atomic E-state index is 0.0418. The number of ether oxygens (including phenoxy) is 1. The number of carbonyl (C=O) groups is 2. The minimum atomic E-state index is -1.56. The first-order valence-corrected chi connectivity index (χ1v) is 11.8. The molecule has 2 atom stereocenters. The van der Waals surface area contributed by atoms with Crippen molar-refractivity contribution in [2.75, 3.05) is 24.6 Å². The molecule has 0 saturated carbocycles. The van der Waals surface area contributed by atoms with Crippen LogP contribution in [0.3, 0.4) is 0 Å². The Morgan fingerprint density at radius 3 is 2.59 bits per heavy atom. The summed E-state index contributed by atoms with van der Waals surface area (Å²) in [6, 6.07) is 11.0. The fourth-order valence-electron chi connectivity index (χ4n) is 5.80. The van der Waals surface area contributed by atoms with Gasteiger partial charge in [0.15, 0.2) is 11.0 Å². The maximum absolute atomic E-state index is 14.2. The molecule has 0 radical (unpaired) electrons. The number of carbonyl (C=O) groups excluding carboxylic acids is 2. The normalized spacial score (nSPS) is 23.4. The highest BCUT2D eigenvalue weighted by molar-refractivity contribution is 6.17. The molecule has 4 heterocycles. The van der Waals surface area contributed by atoms with E-state index < -0.39 is 11.4 Å². The lowest BCUT2D eigenvalue weighted by molar-refractivity contribution is -0.126. The van der Waals surface area contributed by atoms with Crippen LogP contribution >= 0.6 is 0 Å². The third kappa shape index (κ3) is 2.53. The largest absolute Gasteiger partial charge is 0.450 e. The SMILES string of the molecule is CCN1C(=O)[C@]2(c3ccccc31)c1c(oc3cc(C)c(C)cc3c1=O)C(=O)N2C[C@@H]1CCCO1. The molecule has 0 N–H and O–H groups in total. The van der Waals surface area contributed by atoms with E-state index in [4.69, 9.17) is 9.15 Å². The molecule has 0 bridgehead atoms. The first-order valence-electron chi connectivity index (χ1n) is 11.8. The highest BCUT2D eigenvalue weighted by Gasteiger charge is 2.65. The number of aryl methyl sites for hydroxylation is 2. The summed E-state index contributed by atoms with van der Waals surface area (Å²) < 4.78 is 12.0. The second-order valence-electron chi connectivity index (χ2n) is 9.40. The van der Waals surface area contributed by atoms with Crippen LogP contribution in [0.2, 0.25) is 0 Å². The Morgan fingerprint density at radius 2 is 1.85 bits per heavy atom. The highest BCUT2D eigenvalue weighted by Crippen LogP contribution is 2.52. The number of rotatable bonds is 3. The molecule has 1 aromatic heterocycles. The molecule has 7 nitrogen and oxygen atoms in total. The summed E-state index contributed by atoms with van der Waals surface area (Å²) in [7, 11) is 0. The van der Waals surface area contributed by atoms with E-state index in [1.54, 1.807) is 17.0 Å². The van der Waals surface area contributed by atoms with Crippen LogP contribution in [0.1, 0.15) is 52.6 Å². The number of likely N-dealkylation sites (N-methyl/N-ethyl adjacent to an activating group) is 1. The van der Waals surface area contributed by atoms with E-state index in [2.05, 4.69) is 0 Å². The quantitative estimate of drug-likeness (QED) is 0.599. The Kier molecular flexibility index (Phi) is 4.51. The van der Waals surface area contributed by atoms with Gasteiger partial charge in [-0.2, -0.15) is 0 Å². The van der Waals surface area contributed by atoms with Crippen LogP contribution in [0.5, 0.6) is 0 Å². The van der Waals surface area contributed by atoms with Crippen molar-refractivity contribution in [1.29, 1.82) is 0 Å². The van der Waals surface area contributed by atoms with E-state index in [-0.39, 0.29) is 35.3 Å². The monoisotopic (exact) mass is 458 g/mol. The second kappa shape index (κ2) is 7.27. The van der Waals surface area contributed by atoms with Crippen LogP contribution in [0.15, 0.2) is 45.6 Å². The molecule has 34 heavy (non-hydrogen) atoms. The van der Waals surface area contributed by atoms with Crippen molar-refractivity contribution in [2.45, 2.75) is 45.3 Å². The van der Waals surface area contributed by atoms with Crippen molar-refractivity contribution in [3.8, 4) is 0 Å². The van der Waals surface area contributed by atoms with Gasteiger partial charge < -0.3 is 19.0 Å². The standard InChI is InChI=1S/C27H26N2O5/c1-4-28-20-10-6-5-9-19(20)27(26(28)32)22-23(30)18-12-15(2)16(3)13-21(18)34-24(22)25(31)29(27)14-17-8-7-11-33-17/h5-6,9-10,12-13,17H,4,7-8,11,14H2,1-3H3/t17-,27-/m0/s1. The average molecular weight is 459 g/mol. The summed E-state index contributed by atoms with van der Waals surface area (Å²) >= 11 is 0.